The molecule has 0 bridgehead atoms. The van der Waals surface area contributed by atoms with Gasteiger partial charge in [0.2, 0.25) is 0 Å². The molecule has 1 aromatic heterocycles. The van der Waals surface area contributed by atoms with E-state index >= 15 is 0 Å². The third-order valence-electron chi connectivity index (χ3n) is 2.58. The molecule has 2 aromatic rings. The van der Waals surface area contributed by atoms with Crippen molar-refractivity contribution in [3.8, 4) is 5.69 Å². The summed E-state index contributed by atoms with van der Waals surface area (Å²) in [5.41, 5.74) is 0.965. The summed E-state index contributed by atoms with van der Waals surface area (Å²) in [4.78, 5) is 21.5. The molecule has 2 rings (SSSR count). The minimum atomic E-state index is -1.14. The number of aromatic nitrogens is 3. The van der Waals surface area contributed by atoms with Gasteiger partial charge in [0, 0.05) is 6.42 Å². The van der Waals surface area contributed by atoms with Crippen LogP contribution in [0.15, 0.2) is 24.4 Å². The fourth-order valence-corrected chi connectivity index (χ4v) is 1.79. The van der Waals surface area contributed by atoms with Gasteiger partial charge in [-0.05, 0) is 18.2 Å². The third-order valence-corrected chi connectivity index (χ3v) is 2.91. The maximum atomic E-state index is 11.0. The van der Waals surface area contributed by atoms with Crippen molar-refractivity contribution in [1.82, 2.24) is 15.0 Å². The minimum Gasteiger partial charge on any atom is -0.481 e. The van der Waals surface area contributed by atoms with Crippen LogP contribution in [0.1, 0.15) is 22.5 Å². The number of benzene rings is 1. The van der Waals surface area contributed by atoms with Crippen LogP contribution in [-0.4, -0.2) is 37.1 Å². The molecule has 0 spiro atoms. The van der Waals surface area contributed by atoms with E-state index in [0.29, 0.717) is 11.4 Å². The first kappa shape index (κ1) is 14.0. The van der Waals surface area contributed by atoms with Gasteiger partial charge in [0.1, 0.15) is 0 Å². The second-order valence-electron chi connectivity index (χ2n) is 4.02. The first-order chi connectivity index (χ1) is 9.47. The first-order valence-corrected chi connectivity index (χ1v) is 6.01. The molecule has 7 nitrogen and oxygen atoms in total. The highest BCUT2D eigenvalue weighted by atomic mass is 35.5. The normalized spacial score (nSPS) is 10.4. The number of aliphatic carboxylic acids is 1. The second kappa shape index (κ2) is 5.70. The van der Waals surface area contributed by atoms with Crippen molar-refractivity contribution in [2.75, 3.05) is 0 Å². The molecule has 0 saturated heterocycles. The van der Waals surface area contributed by atoms with E-state index in [1.54, 1.807) is 12.3 Å². The van der Waals surface area contributed by atoms with Crippen molar-refractivity contribution in [3.05, 3.63) is 40.7 Å². The molecule has 20 heavy (non-hydrogen) atoms. The third kappa shape index (κ3) is 3.12. The highest BCUT2D eigenvalue weighted by molar-refractivity contribution is 6.33. The Bertz CT molecular complexity index is 668. The molecule has 0 fully saturated rings. The molecule has 1 heterocycles. The van der Waals surface area contributed by atoms with Crippen molar-refractivity contribution in [3.63, 3.8) is 0 Å². The second-order valence-corrected chi connectivity index (χ2v) is 4.42. The molecule has 0 amide bonds. The molecule has 1 aromatic carbocycles. The number of halogens is 1. The summed E-state index contributed by atoms with van der Waals surface area (Å²) in [6.07, 6.45) is 1.77. The Kier molecular flexibility index (Phi) is 3.99. The van der Waals surface area contributed by atoms with E-state index in [2.05, 4.69) is 10.3 Å². The highest BCUT2D eigenvalue weighted by Gasteiger charge is 2.11. The zero-order valence-corrected chi connectivity index (χ0v) is 10.9. The van der Waals surface area contributed by atoms with Gasteiger partial charge >= 0.3 is 11.9 Å². The van der Waals surface area contributed by atoms with Crippen LogP contribution in [-0.2, 0) is 11.2 Å². The molecule has 0 aliphatic carbocycles. The van der Waals surface area contributed by atoms with Gasteiger partial charge in [0.15, 0.2) is 0 Å². The minimum absolute atomic E-state index is 0.0354. The molecular weight excluding hydrogens is 286 g/mol. The van der Waals surface area contributed by atoms with Gasteiger partial charge in [0.25, 0.3) is 0 Å². The van der Waals surface area contributed by atoms with Crippen LogP contribution in [0.5, 0.6) is 0 Å². The molecule has 0 saturated carbocycles. The molecular formula is C12H10ClN3O4. The number of hydrogen-bond acceptors (Lipinski definition) is 4. The van der Waals surface area contributed by atoms with Crippen LogP contribution in [0, 0.1) is 0 Å². The standard InChI is InChI=1S/C12H10ClN3O4/c13-10-3-2-8(5-9(10)12(19)20)16-6-7(14-15-16)1-4-11(17)18/h2-3,5-6H,1,4H2,(H,17,18)(H,19,20). The van der Waals surface area contributed by atoms with Crippen LogP contribution < -0.4 is 0 Å². The Hall–Kier alpha value is -2.41. The summed E-state index contributed by atoms with van der Waals surface area (Å²) in [6.45, 7) is 0. The van der Waals surface area contributed by atoms with E-state index < -0.39 is 11.9 Å². The van der Waals surface area contributed by atoms with Gasteiger partial charge in [-0.2, -0.15) is 0 Å². The molecule has 8 heteroatoms. The Labute approximate surface area is 118 Å². The van der Waals surface area contributed by atoms with E-state index in [0.717, 1.165) is 0 Å². The maximum absolute atomic E-state index is 11.0. The Balaban J connectivity index is 2.26. The van der Waals surface area contributed by atoms with Gasteiger partial charge in [-0.15, -0.1) is 5.10 Å². The van der Waals surface area contributed by atoms with Crippen molar-refractivity contribution in [1.29, 1.82) is 0 Å². The average molecular weight is 296 g/mol. The summed E-state index contributed by atoms with van der Waals surface area (Å²) in [5, 5.41) is 25.4. The molecule has 0 unspecified atom stereocenters. The summed E-state index contributed by atoms with van der Waals surface area (Å²) in [6, 6.07) is 4.43. The fraction of sp³-hybridized carbons (Fsp3) is 0.167. The van der Waals surface area contributed by atoms with E-state index in [1.807, 2.05) is 0 Å². The smallest absolute Gasteiger partial charge is 0.337 e. The van der Waals surface area contributed by atoms with Crippen molar-refractivity contribution in [2.24, 2.45) is 0 Å². The number of carboxylic acids is 2. The Morgan fingerprint density at radius 1 is 1.30 bits per heavy atom. The van der Waals surface area contributed by atoms with E-state index in [1.165, 1.54) is 16.8 Å². The number of carboxylic acid groups (broad SMARTS) is 2. The molecule has 104 valence electrons. The predicted octanol–water partition coefficient (Wildman–Crippen LogP) is 1.64. The van der Waals surface area contributed by atoms with Crippen molar-refractivity contribution in [2.45, 2.75) is 12.8 Å². The Morgan fingerprint density at radius 3 is 2.70 bits per heavy atom. The van der Waals surface area contributed by atoms with Crippen LogP contribution in [0.2, 0.25) is 5.02 Å². The fourth-order valence-electron chi connectivity index (χ4n) is 1.59. The first-order valence-electron chi connectivity index (χ1n) is 5.63. The monoisotopic (exact) mass is 295 g/mol. The number of nitrogens with zero attached hydrogens (tertiary/aromatic N) is 3. The highest BCUT2D eigenvalue weighted by Crippen LogP contribution is 2.19. The average Bonchev–Trinajstić information content (AvgIpc) is 2.85. The number of hydrogen-bond donors (Lipinski definition) is 2. The Morgan fingerprint density at radius 2 is 2.05 bits per heavy atom. The summed E-state index contributed by atoms with van der Waals surface area (Å²) >= 11 is 5.78. The molecule has 0 atom stereocenters. The van der Waals surface area contributed by atoms with E-state index in [9.17, 15) is 9.59 Å². The number of rotatable bonds is 5. The van der Waals surface area contributed by atoms with Crippen LogP contribution in [0.4, 0.5) is 0 Å². The lowest BCUT2D eigenvalue weighted by Crippen LogP contribution is -2.01. The lowest BCUT2D eigenvalue weighted by molar-refractivity contribution is -0.136. The van der Waals surface area contributed by atoms with Gasteiger partial charge in [-0.3, -0.25) is 4.79 Å². The SMILES string of the molecule is O=C(O)CCc1cn(-c2ccc(Cl)c(C(=O)O)c2)nn1. The van der Waals surface area contributed by atoms with Crippen LogP contribution in [0.25, 0.3) is 5.69 Å². The topological polar surface area (TPSA) is 105 Å². The summed E-state index contributed by atoms with van der Waals surface area (Å²) < 4.78 is 1.37. The van der Waals surface area contributed by atoms with E-state index in [4.69, 9.17) is 21.8 Å². The number of carbonyl (C=O) groups is 2. The summed E-state index contributed by atoms with van der Waals surface area (Å²) in [5.74, 6) is -2.05. The van der Waals surface area contributed by atoms with Crippen LogP contribution >= 0.6 is 11.6 Å². The predicted molar refractivity (Wildman–Crippen MR) is 69.3 cm³/mol. The molecule has 2 N–H and O–H groups in total. The zero-order valence-electron chi connectivity index (χ0n) is 10.2. The largest absolute Gasteiger partial charge is 0.481 e. The number of aromatic carboxylic acids is 1. The molecule has 0 radical (unpaired) electrons. The van der Waals surface area contributed by atoms with Crippen molar-refractivity contribution < 1.29 is 19.8 Å². The van der Waals surface area contributed by atoms with Gasteiger partial charge in [-0.1, -0.05) is 16.8 Å². The lowest BCUT2D eigenvalue weighted by atomic mass is 10.2. The lowest BCUT2D eigenvalue weighted by Gasteiger charge is -2.03. The van der Waals surface area contributed by atoms with E-state index in [-0.39, 0.29) is 23.4 Å². The van der Waals surface area contributed by atoms with Gasteiger partial charge in [0.05, 0.1) is 34.6 Å². The van der Waals surface area contributed by atoms with Gasteiger partial charge in [-0.25, -0.2) is 9.48 Å². The number of aryl methyl sites for hydroxylation is 1. The quantitative estimate of drug-likeness (QED) is 0.868. The molecule has 0 aliphatic rings. The van der Waals surface area contributed by atoms with Gasteiger partial charge < -0.3 is 10.2 Å². The maximum Gasteiger partial charge on any atom is 0.337 e. The van der Waals surface area contributed by atoms with Crippen LogP contribution in [0.3, 0.4) is 0 Å². The van der Waals surface area contributed by atoms with Crippen molar-refractivity contribution >= 4 is 23.5 Å². The summed E-state index contributed by atoms with van der Waals surface area (Å²) in [7, 11) is 0. The zero-order chi connectivity index (χ0) is 14.7. The molecule has 0 aliphatic heterocycles.